The number of benzene rings is 1. The Morgan fingerprint density at radius 2 is 1.95 bits per heavy atom. The number of aromatic nitrogens is 3. The Balaban J connectivity index is 1.29. The zero-order valence-corrected chi connectivity index (χ0v) is 23.2. The fraction of sp³-hybridized carbons (Fsp3) is 0.333. The van der Waals surface area contributed by atoms with Crippen molar-refractivity contribution in [3.05, 3.63) is 82.8 Å². The molecule has 2 N–H and O–H groups in total. The van der Waals surface area contributed by atoms with Gasteiger partial charge in [-0.1, -0.05) is 37.6 Å². The summed E-state index contributed by atoms with van der Waals surface area (Å²) in [6, 6.07) is 12.7. The van der Waals surface area contributed by atoms with Crippen LogP contribution in [-0.2, 0) is 11.2 Å². The van der Waals surface area contributed by atoms with Crippen molar-refractivity contribution >= 4 is 34.4 Å². The summed E-state index contributed by atoms with van der Waals surface area (Å²) >= 11 is 6.69. The molecule has 0 spiro atoms. The van der Waals surface area contributed by atoms with Crippen molar-refractivity contribution in [3.8, 4) is 11.3 Å². The average Bonchev–Trinajstić information content (AvgIpc) is 3.53. The molecule has 1 aliphatic carbocycles. The van der Waals surface area contributed by atoms with Crippen molar-refractivity contribution in [1.29, 1.82) is 0 Å². The number of fused-ring (bicyclic) bond motifs is 2. The van der Waals surface area contributed by atoms with E-state index in [0.29, 0.717) is 17.0 Å². The predicted octanol–water partition coefficient (Wildman–Crippen LogP) is 4.47. The predicted molar refractivity (Wildman–Crippen MR) is 151 cm³/mol. The van der Waals surface area contributed by atoms with Crippen molar-refractivity contribution in [2.24, 2.45) is 5.41 Å². The maximum absolute atomic E-state index is 13.6. The van der Waals surface area contributed by atoms with Crippen molar-refractivity contribution in [2.75, 3.05) is 20.6 Å². The SMILES string of the molecule is CN(C)C(=O)[C@H]1N([C@@H]2Cc3cccc(Cl)c3[C@H]2NC(=O)c2ccc(-c3ccnc4[nH]ccc34)nc2)CC1(C)C. The van der Waals surface area contributed by atoms with Gasteiger partial charge in [-0.3, -0.25) is 19.5 Å². The molecule has 1 aromatic carbocycles. The Kier molecular flexibility index (Phi) is 6.19. The summed E-state index contributed by atoms with van der Waals surface area (Å²) in [5.41, 5.74) is 4.82. The lowest BCUT2D eigenvalue weighted by Gasteiger charge is -2.57. The second-order valence-electron chi connectivity index (χ2n) is 11.4. The number of hydrogen-bond acceptors (Lipinski definition) is 5. The maximum atomic E-state index is 13.6. The van der Waals surface area contributed by atoms with E-state index >= 15 is 0 Å². The highest BCUT2D eigenvalue weighted by Crippen LogP contribution is 2.47. The van der Waals surface area contributed by atoms with Crippen LogP contribution in [0.15, 0.2) is 61.1 Å². The number of carbonyl (C=O) groups excluding carboxylic acids is 2. The summed E-state index contributed by atoms with van der Waals surface area (Å²) in [4.78, 5) is 42.7. The lowest BCUT2D eigenvalue weighted by atomic mass is 9.72. The molecular formula is C30H31ClN6O2. The van der Waals surface area contributed by atoms with E-state index < -0.39 is 0 Å². The second-order valence-corrected chi connectivity index (χ2v) is 11.8. The van der Waals surface area contributed by atoms with Gasteiger partial charge in [0.2, 0.25) is 5.91 Å². The van der Waals surface area contributed by atoms with Crippen molar-refractivity contribution in [1.82, 2.24) is 30.1 Å². The number of aromatic amines is 1. The zero-order chi connectivity index (χ0) is 27.5. The lowest BCUT2D eigenvalue weighted by Crippen LogP contribution is -2.71. The summed E-state index contributed by atoms with van der Waals surface area (Å²) in [6.07, 6.45) is 5.90. The van der Waals surface area contributed by atoms with E-state index in [1.807, 2.05) is 36.5 Å². The highest BCUT2D eigenvalue weighted by atomic mass is 35.5. The smallest absolute Gasteiger partial charge is 0.253 e. The van der Waals surface area contributed by atoms with Gasteiger partial charge in [0.15, 0.2) is 0 Å². The van der Waals surface area contributed by atoms with Crippen LogP contribution in [0.1, 0.15) is 41.4 Å². The largest absolute Gasteiger partial charge is 0.347 e. The average molecular weight is 543 g/mol. The molecule has 8 nitrogen and oxygen atoms in total. The Morgan fingerprint density at radius 1 is 1.13 bits per heavy atom. The molecule has 3 aromatic heterocycles. The number of likely N-dealkylation sites (tertiary alicyclic amines) is 1. The first-order valence-corrected chi connectivity index (χ1v) is 13.5. The molecule has 200 valence electrons. The normalized spacial score (nSPS) is 21.8. The highest BCUT2D eigenvalue weighted by molar-refractivity contribution is 6.31. The van der Waals surface area contributed by atoms with Gasteiger partial charge in [-0.25, -0.2) is 4.98 Å². The molecule has 6 rings (SSSR count). The van der Waals surface area contributed by atoms with Gasteiger partial charge in [-0.2, -0.15) is 0 Å². The van der Waals surface area contributed by atoms with E-state index in [4.69, 9.17) is 11.6 Å². The zero-order valence-electron chi connectivity index (χ0n) is 22.4. The summed E-state index contributed by atoms with van der Waals surface area (Å²) in [5, 5.41) is 4.84. The van der Waals surface area contributed by atoms with Crippen LogP contribution in [0.4, 0.5) is 0 Å². The van der Waals surface area contributed by atoms with Crippen molar-refractivity contribution in [3.63, 3.8) is 0 Å². The molecule has 9 heteroatoms. The molecule has 0 unspecified atom stereocenters. The molecule has 4 heterocycles. The van der Waals surface area contributed by atoms with Crippen LogP contribution in [0.2, 0.25) is 5.02 Å². The van der Waals surface area contributed by atoms with Gasteiger partial charge in [-0.05, 0) is 47.9 Å². The molecular weight excluding hydrogens is 512 g/mol. The van der Waals surface area contributed by atoms with Crippen LogP contribution in [0.25, 0.3) is 22.3 Å². The van der Waals surface area contributed by atoms with Gasteiger partial charge in [0, 0.05) is 66.7 Å². The molecule has 4 aromatic rings. The first-order valence-electron chi connectivity index (χ1n) is 13.1. The van der Waals surface area contributed by atoms with Gasteiger partial charge in [0.05, 0.1) is 23.3 Å². The van der Waals surface area contributed by atoms with E-state index in [1.165, 1.54) is 0 Å². The summed E-state index contributed by atoms with van der Waals surface area (Å²) in [7, 11) is 3.58. The van der Waals surface area contributed by atoms with Crippen molar-refractivity contribution in [2.45, 2.75) is 38.4 Å². The molecule has 0 saturated carbocycles. The van der Waals surface area contributed by atoms with Crippen LogP contribution in [0.3, 0.4) is 0 Å². The van der Waals surface area contributed by atoms with E-state index in [0.717, 1.165) is 40.0 Å². The summed E-state index contributed by atoms with van der Waals surface area (Å²) < 4.78 is 0. The van der Waals surface area contributed by atoms with E-state index in [1.54, 1.807) is 37.5 Å². The molecule has 1 aliphatic heterocycles. The maximum Gasteiger partial charge on any atom is 0.253 e. The summed E-state index contributed by atoms with van der Waals surface area (Å²) in [5.74, 6) is -0.153. The number of H-pyrrole nitrogens is 1. The molecule has 0 bridgehead atoms. The van der Waals surface area contributed by atoms with Gasteiger partial charge in [-0.15, -0.1) is 0 Å². The van der Waals surface area contributed by atoms with Gasteiger partial charge in [0.1, 0.15) is 5.65 Å². The van der Waals surface area contributed by atoms with E-state index in [-0.39, 0.29) is 35.4 Å². The Bertz CT molecular complexity index is 1580. The standard InChI is InChI=1S/C30H31ClN6O2/c1-30(2)16-37(26(30)29(39)36(3)4)23-14-17-6-5-7-21(31)24(17)25(23)35-28(38)18-8-9-22(34-15-18)19-10-12-32-27-20(19)11-13-33-27/h5-13,15,23,25-26H,14,16H2,1-4H3,(H,32,33)(H,35,38)/t23-,25+,26-/m1/s1. The Hall–Kier alpha value is -3.75. The number of halogens is 1. The number of hydrogen-bond donors (Lipinski definition) is 2. The van der Waals surface area contributed by atoms with Gasteiger partial charge >= 0.3 is 0 Å². The highest BCUT2D eigenvalue weighted by Gasteiger charge is 2.55. The van der Waals surface area contributed by atoms with E-state index in [9.17, 15) is 9.59 Å². The van der Waals surface area contributed by atoms with Gasteiger partial charge in [0.25, 0.3) is 5.91 Å². The molecule has 2 amide bonds. The molecule has 0 radical (unpaired) electrons. The van der Waals surface area contributed by atoms with Crippen LogP contribution < -0.4 is 5.32 Å². The first-order chi connectivity index (χ1) is 18.7. The minimum atomic E-state index is -0.353. The minimum absolute atomic E-state index is 0.0748. The molecule has 39 heavy (non-hydrogen) atoms. The first kappa shape index (κ1) is 25.5. The molecule has 3 atom stereocenters. The van der Waals surface area contributed by atoms with Crippen LogP contribution >= 0.6 is 11.6 Å². The molecule has 2 aliphatic rings. The van der Waals surface area contributed by atoms with Gasteiger partial charge < -0.3 is 15.2 Å². The Labute approximate surface area is 232 Å². The fourth-order valence-corrected chi connectivity index (χ4v) is 6.54. The number of pyridine rings is 2. The number of amides is 2. The number of likely N-dealkylation sites (N-methyl/N-ethyl adjacent to an activating group) is 1. The monoisotopic (exact) mass is 542 g/mol. The number of rotatable bonds is 5. The molecule has 1 fully saturated rings. The van der Waals surface area contributed by atoms with Crippen LogP contribution in [0, 0.1) is 5.41 Å². The Morgan fingerprint density at radius 3 is 2.67 bits per heavy atom. The fourth-order valence-electron chi connectivity index (χ4n) is 6.23. The van der Waals surface area contributed by atoms with E-state index in [2.05, 4.69) is 45.1 Å². The number of carbonyl (C=O) groups is 2. The van der Waals surface area contributed by atoms with Crippen LogP contribution in [-0.4, -0.2) is 69.3 Å². The minimum Gasteiger partial charge on any atom is -0.347 e. The van der Waals surface area contributed by atoms with Crippen molar-refractivity contribution < 1.29 is 9.59 Å². The summed E-state index contributed by atoms with van der Waals surface area (Å²) in [6.45, 7) is 5.00. The number of nitrogens with zero attached hydrogens (tertiary/aromatic N) is 4. The lowest BCUT2D eigenvalue weighted by molar-refractivity contribution is -0.157. The third-order valence-corrected chi connectivity index (χ3v) is 8.41. The third kappa shape index (κ3) is 4.28. The second kappa shape index (κ2) is 9.47. The number of nitrogens with one attached hydrogen (secondary N) is 2. The molecule has 1 saturated heterocycles. The van der Waals surface area contributed by atoms with Crippen LogP contribution in [0.5, 0.6) is 0 Å². The third-order valence-electron chi connectivity index (χ3n) is 8.08. The topological polar surface area (TPSA) is 94.2 Å². The quantitative estimate of drug-likeness (QED) is 0.388.